The average molecular weight is 293 g/mol. The summed E-state index contributed by atoms with van der Waals surface area (Å²) < 4.78 is 31.9. The van der Waals surface area contributed by atoms with Crippen LogP contribution < -0.4 is 10.5 Å². The van der Waals surface area contributed by atoms with Crippen LogP contribution in [0.2, 0.25) is 0 Å². The van der Waals surface area contributed by atoms with E-state index in [4.69, 9.17) is 10.5 Å². The van der Waals surface area contributed by atoms with Crippen LogP contribution in [-0.4, -0.2) is 18.8 Å². The van der Waals surface area contributed by atoms with Gasteiger partial charge in [-0.25, -0.2) is 8.78 Å². The Morgan fingerprint density at radius 2 is 1.76 bits per heavy atom. The maximum absolute atomic E-state index is 13.3. The Labute approximate surface area is 122 Å². The van der Waals surface area contributed by atoms with Crippen molar-refractivity contribution in [2.24, 2.45) is 5.73 Å². The number of rotatable bonds is 5. The first-order valence-electron chi connectivity index (χ1n) is 6.54. The third kappa shape index (κ3) is 3.37. The van der Waals surface area contributed by atoms with E-state index in [1.165, 1.54) is 19.2 Å². The van der Waals surface area contributed by atoms with E-state index in [9.17, 15) is 13.9 Å². The summed E-state index contributed by atoms with van der Waals surface area (Å²) in [7, 11) is 1.49. The standard InChI is InChI=1S/C16H17F2NO2/c1-21-15-5-3-2-4-13(15)16(20)14(9-19)10-6-11(17)8-12(18)7-10/h2-8,14,16,20H,9,19H2,1H3. The van der Waals surface area contributed by atoms with Gasteiger partial charge >= 0.3 is 0 Å². The molecule has 21 heavy (non-hydrogen) atoms. The van der Waals surface area contributed by atoms with Gasteiger partial charge < -0.3 is 15.6 Å². The van der Waals surface area contributed by atoms with Crippen LogP contribution in [0.4, 0.5) is 8.78 Å². The smallest absolute Gasteiger partial charge is 0.126 e. The van der Waals surface area contributed by atoms with Crippen molar-refractivity contribution in [3.63, 3.8) is 0 Å². The SMILES string of the molecule is COc1ccccc1C(O)C(CN)c1cc(F)cc(F)c1. The summed E-state index contributed by atoms with van der Waals surface area (Å²) in [6, 6.07) is 10.1. The van der Waals surface area contributed by atoms with Gasteiger partial charge in [0.2, 0.25) is 0 Å². The molecule has 0 heterocycles. The van der Waals surface area contributed by atoms with Crippen LogP contribution in [0.15, 0.2) is 42.5 Å². The van der Waals surface area contributed by atoms with E-state index in [0.29, 0.717) is 16.9 Å². The zero-order valence-corrected chi connectivity index (χ0v) is 11.6. The monoisotopic (exact) mass is 293 g/mol. The summed E-state index contributed by atoms with van der Waals surface area (Å²) in [5, 5.41) is 10.5. The lowest BCUT2D eigenvalue weighted by Crippen LogP contribution is -2.21. The van der Waals surface area contributed by atoms with Gasteiger partial charge in [-0.05, 0) is 23.8 Å². The average Bonchev–Trinajstić information content (AvgIpc) is 2.46. The second-order valence-corrected chi connectivity index (χ2v) is 4.73. The van der Waals surface area contributed by atoms with E-state index >= 15 is 0 Å². The number of aliphatic hydroxyl groups excluding tert-OH is 1. The van der Waals surface area contributed by atoms with Crippen molar-refractivity contribution in [3.05, 3.63) is 65.2 Å². The molecule has 0 aliphatic carbocycles. The molecule has 0 spiro atoms. The molecule has 0 aliphatic heterocycles. The van der Waals surface area contributed by atoms with Crippen molar-refractivity contribution >= 4 is 0 Å². The fourth-order valence-corrected chi connectivity index (χ4v) is 2.36. The molecule has 2 atom stereocenters. The van der Waals surface area contributed by atoms with E-state index in [1.54, 1.807) is 24.3 Å². The predicted octanol–water partition coefficient (Wildman–Crippen LogP) is 2.75. The van der Waals surface area contributed by atoms with Gasteiger partial charge in [-0.1, -0.05) is 18.2 Å². The van der Waals surface area contributed by atoms with E-state index in [2.05, 4.69) is 0 Å². The molecular weight excluding hydrogens is 276 g/mol. The van der Waals surface area contributed by atoms with Crippen molar-refractivity contribution in [3.8, 4) is 5.75 Å². The lowest BCUT2D eigenvalue weighted by atomic mass is 9.88. The second-order valence-electron chi connectivity index (χ2n) is 4.73. The van der Waals surface area contributed by atoms with Gasteiger partial charge in [-0.3, -0.25) is 0 Å². The lowest BCUT2D eigenvalue weighted by Gasteiger charge is -2.24. The van der Waals surface area contributed by atoms with Crippen LogP contribution in [0, 0.1) is 11.6 Å². The quantitative estimate of drug-likeness (QED) is 0.891. The van der Waals surface area contributed by atoms with Gasteiger partial charge in [0.1, 0.15) is 17.4 Å². The molecule has 0 saturated carbocycles. The fourth-order valence-electron chi connectivity index (χ4n) is 2.36. The highest BCUT2D eigenvalue weighted by atomic mass is 19.1. The summed E-state index contributed by atoms with van der Waals surface area (Å²) in [6.45, 7) is 0.0438. The zero-order chi connectivity index (χ0) is 15.4. The van der Waals surface area contributed by atoms with Crippen LogP contribution in [0.25, 0.3) is 0 Å². The summed E-state index contributed by atoms with van der Waals surface area (Å²) in [4.78, 5) is 0. The zero-order valence-electron chi connectivity index (χ0n) is 11.6. The van der Waals surface area contributed by atoms with E-state index in [0.717, 1.165) is 6.07 Å². The molecular formula is C16H17F2NO2. The van der Waals surface area contributed by atoms with Crippen molar-refractivity contribution < 1.29 is 18.6 Å². The fraction of sp³-hybridized carbons (Fsp3) is 0.250. The third-order valence-electron chi connectivity index (χ3n) is 3.41. The van der Waals surface area contributed by atoms with Crippen LogP contribution in [0.3, 0.4) is 0 Å². The maximum Gasteiger partial charge on any atom is 0.126 e. The summed E-state index contributed by atoms with van der Waals surface area (Å²) >= 11 is 0. The van der Waals surface area contributed by atoms with Gasteiger partial charge in [-0.15, -0.1) is 0 Å². The van der Waals surface area contributed by atoms with Crippen molar-refractivity contribution in [2.45, 2.75) is 12.0 Å². The van der Waals surface area contributed by atoms with Crippen LogP contribution in [0.1, 0.15) is 23.1 Å². The Morgan fingerprint density at radius 1 is 1.14 bits per heavy atom. The molecule has 0 radical (unpaired) electrons. The first-order chi connectivity index (χ1) is 10.1. The van der Waals surface area contributed by atoms with Crippen molar-refractivity contribution in [2.75, 3.05) is 13.7 Å². The predicted molar refractivity (Wildman–Crippen MR) is 76.1 cm³/mol. The molecule has 3 nitrogen and oxygen atoms in total. The maximum atomic E-state index is 13.3. The van der Waals surface area contributed by atoms with E-state index in [-0.39, 0.29) is 6.54 Å². The first kappa shape index (κ1) is 15.4. The Kier molecular flexibility index (Phi) is 4.88. The number of nitrogens with two attached hydrogens (primary N) is 1. The number of methoxy groups -OCH3 is 1. The normalized spacial score (nSPS) is 13.8. The Balaban J connectivity index is 2.40. The number of benzene rings is 2. The highest BCUT2D eigenvalue weighted by molar-refractivity contribution is 5.38. The number of hydrogen-bond acceptors (Lipinski definition) is 3. The van der Waals surface area contributed by atoms with E-state index in [1.807, 2.05) is 0 Å². The number of aliphatic hydroxyl groups is 1. The van der Waals surface area contributed by atoms with Crippen LogP contribution in [-0.2, 0) is 0 Å². The minimum Gasteiger partial charge on any atom is -0.496 e. The molecule has 2 aromatic carbocycles. The minimum absolute atomic E-state index is 0.0438. The Morgan fingerprint density at radius 3 is 2.33 bits per heavy atom. The summed E-state index contributed by atoms with van der Waals surface area (Å²) in [5.41, 5.74) is 6.53. The highest BCUT2D eigenvalue weighted by Gasteiger charge is 2.25. The van der Waals surface area contributed by atoms with Gasteiger partial charge in [0.25, 0.3) is 0 Å². The summed E-state index contributed by atoms with van der Waals surface area (Å²) in [6.07, 6.45) is -1.02. The molecule has 5 heteroatoms. The molecule has 0 aliphatic rings. The molecule has 3 N–H and O–H groups in total. The molecule has 2 rings (SSSR count). The van der Waals surface area contributed by atoms with Gasteiger partial charge in [0.05, 0.1) is 13.2 Å². The number of halogens is 2. The van der Waals surface area contributed by atoms with Gasteiger partial charge in [0, 0.05) is 24.1 Å². The Bertz CT molecular complexity index is 599. The highest BCUT2D eigenvalue weighted by Crippen LogP contribution is 2.35. The first-order valence-corrected chi connectivity index (χ1v) is 6.54. The van der Waals surface area contributed by atoms with Crippen molar-refractivity contribution in [1.82, 2.24) is 0 Å². The number of ether oxygens (including phenoxy) is 1. The largest absolute Gasteiger partial charge is 0.496 e. The lowest BCUT2D eigenvalue weighted by molar-refractivity contribution is 0.143. The van der Waals surface area contributed by atoms with E-state index < -0.39 is 23.7 Å². The van der Waals surface area contributed by atoms with Gasteiger partial charge in [0.15, 0.2) is 0 Å². The summed E-state index contributed by atoms with van der Waals surface area (Å²) in [5.74, 6) is -1.53. The van der Waals surface area contributed by atoms with Crippen molar-refractivity contribution in [1.29, 1.82) is 0 Å². The van der Waals surface area contributed by atoms with Crippen LogP contribution >= 0.6 is 0 Å². The van der Waals surface area contributed by atoms with Crippen LogP contribution in [0.5, 0.6) is 5.75 Å². The molecule has 0 fully saturated rings. The number of para-hydroxylation sites is 1. The topological polar surface area (TPSA) is 55.5 Å². The second kappa shape index (κ2) is 6.65. The molecule has 0 aromatic heterocycles. The molecule has 0 saturated heterocycles. The number of hydrogen-bond donors (Lipinski definition) is 2. The molecule has 0 amide bonds. The molecule has 112 valence electrons. The van der Waals surface area contributed by atoms with Gasteiger partial charge in [-0.2, -0.15) is 0 Å². The molecule has 2 unspecified atom stereocenters. The molecule has 0 bridgehead atoms. The minimum atomic E-state index is -1.02. The Hall–Kier alpha value is -1.98. The third-order valence-corrected chi connectivity index (χ3v) is 3.41. The molecule has 2 aromatic rings.